The number of carbonyl (C=O) groups excluding carboxylic acids is 2. The van der Waals surface area contributed by atoms with Crippen molar-refractivity contribution in [3.63, 3.8) is 0 Å². The Morgan fingerprint density at radius 1 is 1.47 bits per heavy atom. The predicted octanol–water partition coefficient (Wildman–Crippen LogP) is 0.579. The van der Waals surface area contributed by atoms with Crippen molar-refractivity contribution in [2.45, 2.75) is 6.92 Å². The number of anilines is 1. The Kier molecular flexibility index (Phi) is 4.63. The second-order valence-electron chi connectivity index (χ2n) is 3.70. The van der Waals surface area contributed by atoms with E-state index in [1.807, 2.05) is 0 Å². The van der Waals surface area contributed by atoms with E-state index in [2.05, 4.69) is 14.9 Å². The summed E-state index contributed by atoms with van der Waals surface area (Å²) in [6, 6.07) is -0.292. The van der Waals surface area contributed by atoms with E-state index >= 15 is 0 Å². The molecule has 8 nitrogen and oxygen atoms in total. The van der Waals surface area contributed by atoms with E-state index < -0.39 is 5.97 Å². The molecule has 2 rings (SSSR count). The zero-order chi connectivity index (χ0) is 13.7. The molecule has 0 radical (unpaired) electrons. The highest BCUT2D eigenvalue weighted by Gasteiger charge is 2.22. The maximum Gasteiger partial charge on any atom is 0.362 e. The Bertz CT molecular complexity index is 458. The third-order valence-electron chi connectivity index (χ3n) is 2.48. The van der Waals surface area contributed by atoms with Gasteiger partial charge in [-0.25, -0.2) is 9.59 Å². The van der Waals surface area contributed by atoms with Crippen LogP contribution in [0.3, 0.4) is 0 Å². The molecule has 0 saturated carbocycles. The fourth-order valence-corrected chi connectivity index (χ4v) is 2.10. The van der Waals surface area contributed by atoms with Gasteiger partial charge in [0.15, 0.2) is 5.00 Å². The Morgan fingerprint density at radius 3 is 2.89 bits per heavy atom. The molecule has 0 bridgehead atoms. The number of rotatable bonds is 3. The van der Waals surface area contributed by atoms with E-state index in [0.29, 0.717) is 31.3 Å². The summed E-state index contributed by atoms with van der Waals surface area (Å²) < 4.78 is 13.7. The van der Waals surface area contributed by atoms with Crippen LogP contribution < -0.4 is 5.32 Å². The molecule has 2 amide bonds. The largest absolute Gasteiger partial charge is 0.461 e. The molecule has 1 aromatic rings. The van der Waals surface area contributed by atoms with Gasteiger partial charge in [0, 0.05) is 24.6 Å². The minimum absolute atomic E-state index is 0.0356. The van der Waals surface area contributed by atoms with Crippen molar-refractivity contribution in [2.75, 3.05) is 38.2 Å². The van der Waals surface area contributed by atoms with Crippen LogP contribution in [0.5, 0.6) is 0 Å². The Morgan fingerprint density at radius 2 is 2.21 bits per heavy atom. The highest BCUT2D eigenvalue weighted by Crippen LogP contribution is 2.19. The lowest BCUT2D eigenvalue weighted by atomic mass is 10.4. The number of morpholine rings is 1. The number of hydrogen-bond acceptors (Lipinski definition) is 7. The number of hydrogen-bond donors (Lipinski definition) is 1. The monoisotopic (exact) mass is 286 g/mol. The van der Waals surface area contributed by atoms with Crippen LogP contribution in [0.4, 0.5) is 9.80 Å². The van der Waals surface area contributed by atoms with Crippen LogP contribution in [0, 0.1) is 0 Å². The molecule has 0 spiro atoms. The molecule has 1 N–H and O–H groups in total. The quantitative estimate of drug-likeness (QED) is 0.817. The Hall–Kier alpha value is -1.74. The average molecular weight is 286 g/mol. The fraction of sp³-hybridized carbons (Fsp3) is 0.600. The molecular weight excluding hydrogens is 272 g/mol. The topological polar surface area (TPSA) is 93.7 Å². The number of amides is 2. The highest BCUT2D eigenvalue weighted by molar-refractivity contribution is 7.10. The normalized spacial score (nSPS) is 15.1. The summed E-state index contributed by atoms with van der Waals surface area (Å²) in [6.45, 7) is 4.01. The van der Waals surface area contributed by atoms with E-state index in [0.717, 1.165) is 11.5 Å². The Balaban J connectivity index is 2.00. The van der Waals surface area contributed by atoms with Gasteiger partial charge in [-0.05, 0) is 6.92 Å². The summed E-state index contributed by atoms with van der Waals surface area (Å²) >= 11 is 0.944. The van der Waals surface area contributed by atoms with Gasteiger partial charge in [-0.3, -0.25) is 5.32 Å². The van der Waals surface area contributed by atoms with E-state index in [-0.39, 0.29) is 18.3 Å². The maximum atomic E-state index is 12.0. The number of aromatic nitrogens is 2. The first-order chi connectivity index (χ1) is 9.22. The summed E-state index contributed by atoms with van der Waals surface area (Å²) in [5.74, 6) is -0.589. The number of ether oxygens (including phenoxy) is 2. The molecule has 0 aromatic carbocycles. The summed E-state index contributed by atoms with van der Waals surface area (Å²) in [4.78, 5) is 25.1. The average Bonchev–Trinajstić information content (AvgIpc) is 2.88. The third kappa shape index (κ3) is 3.38. The van der Waals surface area contributed by atoms with Gasteiger partial charge < -0.3 is 14.4 Å². The zero-order valence-corrected chi connectivity index (χ0v) is 11.2. The van der Waals surface area contributed by atoms with Gasteiger partial charge >= 0.3 is 12.0 Å². The van der Waals surface area contributed by atoms with Crippen molar-refractivity contribution in [3.05, 3.63) is 5.69 Å². The number of nitrogens with zero attached hydrogens (tertiary/aromatic N) is 3. The summed E-state index contributed by atoms with van der Waals surface area (Å²) in [6.07, 6.45) is 0. The minimum Gasteiger partial charge on any atom is -0.461 e. The van der Waals surface area contributed by atoms with Crippen LogP contribution in [0.25, 0.3) is 0 Å². The van der Waals surface area contributed by atoms with Gasteiger partial charge in [0.2, 0.25) is 5.69 Å². The molecule has 104 valence electrons. The van der Waals surface area contributed by atoms with Crippen LogP contribution in [0.15, 0.2) is 0 Å². The first-order valence-electron chi connectivity index (χ1n) is 5.85. The molecule has 1 aromatic heterocycles. The lowest BCUT2D eigenvalue weighted by molar-refractivity contribution is 0.0520. The van der Waals surface area contributed by atoms with E-state index in [9.17, 15) is 9.59 Å². The van der Waals surface area contributed by atoms with Gasteiger partial charge in [0.25, 0.3) is 0 Å². The van der Waals surface area contributed by atoms with Gasteiger partial charge in [-0.1, -0.05) is 4.49 Å². The van der Waals surface area contributed by atoms with Crippen molar-refractivity contribution in [1.82, 2.24) is 14.5 Å². The second-order valence-corrected chi connectivity index (χ2v) is 4.45. The lowest BCUT2D eigenvalue weighted by Gasteiger charge is -2.26. The van der Waals surface area contributed by atoms with Crippen LogP contribution in [-0.2, 0) is 9.47 Å². The number of esters is 1. The van der Waals surface area contributed by atoms with Gasteiger partial charge in [-0.15, -0.1) is 5.10 Å². The predicted molar refractivity (Wildman–Crippen MR) is 67.3 cm³/mol. The number of carbonyl (C=O) groups is 2. The molecule has 1 fully saturated rings. The minimum atomic E-state index is -0.589. The molecule has 0 atom stereocenters. The van der Waals surface area contributed by atoms with Crippen molar-refractivity contribution in [2.24, 2.45) is 0 Å². The molecule has 0 unspecified atom stereocenters. The first-order valence-corrected chi connectivity index (χ1v) is 6.63. The maximum absolute atomic E-state index is 12.0. The van der Waals surface area contributed by atoms with Gasteiger partial charge in [0.1, 0.15) is 0 Å². The smallest absolute Gasteiger partial charge is 0.362 e. The lowest BCUT2D eigenvalue weighted by Crippen LogP contribution is -2.43. The van der Waals surface area contributed by atoms with Crippen LogP contribution in [0.1, 0.15) is 17.4 Å². The second kappa shape index (κ2) is 6.43. The van der Waals surface area contributed by atoms with Gasteiger partial charge in [0.05, 0.1) is 19.8 Å². The molecular formula is C10H14N4O4S. The Labute approximate surface area is 113 Å². The highest BCUT2D eigenvalue weighted by atomic mass is 32.1. The van der Waals surface area contributed by atoms with Crippen molar-refractivity contribution >= 4 is 28.5 Å². The number of nitrogens with one attached hydrogen (secondary N) is 1. The van der Waals surface area contributed by atoms with E-state index in [1.54, 1.807) is 11.8 Å². The summed E-state index contributed by atoms with van der Waals surface area (Å²) in [5.41, 5.74) is 0.0356. The summed E-state index contributed by atoms with van der Waals surface area (Å²) in [7, 11) is 0. The molecule has 0 aliphatic carbocycles. The molecule has 19 heavy (non-hydrogen) atoms. The molecule has 1 saturated heterocycles. The van der Waals surface area contributed by atoms with Gasteiger partial charge in [-0.2, -0.15) is 0 Å². The standard InChI is InChI=1S/C10H14N4O4S/c1-2-18-9(15)7-8(19-13-12-7)11-10(16)14-3-5-17-6-4-14/h2-6H2,1H3,(H,11,16). The molecule has 2 heterocycles. The molecule has 1 aliphatic rings. The SMILES string of the molecule is CCOC(=O)c1nnsc1NC(=O)N1CCOCC1. The van der Waals surface area contributed by atoms with Crippen molar-refractivity contribution in [1.29, 1.82) is 0 Å². The summed E-state index contributed by atoms with van der Waals surface area (Å²) in [5, 5.41) is 6.59. The van der Waals surface area contributed by atoms with E-state index in [1.165, 1.54) is 0 Å². The molecule has 1 aliphatic heterocycles. The first kappa shape index (κ1) is 13.7. The van der Waals surface area contributed by atoms with E-state index in [4.69, 9.17) is 9.47 Å². The van der Waals surface area contributed by atoms with Crippen molar-refractivity contribution in [3.8, 4) is 0 Å². The third-order valence-corrected chi connectivity index (χ3v) is 3.12. The van der Waals surface area contributed by atoms with Crippen LogP contribution in [0.2, 0.25) is 0 Å². The van der Waals surface area contributed by atoms with Crippen LogP contribution >= 0.6 is 11.5 Å². The van der Waals surface area contributed by atoms with Crippen molar-refractivity contribution < 1.29 is 19.1 Å². The fourth-order valence-electron chi connectivity index (χ4n) is 1.55. The number of urea groups is 1. The molecule has 9 heteroatoms. The van der Waals surface area contributed by atoms with Crippen LogP contribution in [-0.4, -0.2) is 59.4 Å². The zero-order valence-electron chi connectivity index (χ0n) is 10.4.